The lowest BCUT2D eigenvalue weighted by Crippen LogP contribution is -1.92. The summed E-state index contributed by atoms with van der Waals surface area (Å²) in [6.45, 7) is 1.50. The summed E-state index contributed by atoms with van der Waals surface area (Å²) in [5.74, 6) is 7.37. The van der Waals surface area contributed by atoms with E-state index < -0.39 is 0 Å². The van der Waals surface area contributed by atoms with Crippen molar-refractivity contribution in [3.05, 3.63) is 29.3 Å². The molecular formula is C14H16O3S. The first kappa shape index (κ1) is 14.6. The predicted octanol–water partition coefficient (Wildman–Crippen LogP) is 2.21. The third-order valence-corrected chi connectivity index (χ3v) is 3.04. The summed E-state index contributed by atoms with van der Waals surface area (Å²) in [7, 11) is 1.56. The van der Waals surface area contributed by atoms with Crippen LogP contribution in [0.1, 0.15) is 24.5 Å². The summed E-state index contributed by atoms with van der Waals surface area (Å²) >= 11 is 1.28. The fourth-order valence-electron chi connectivity index (χ4n) is 1.36. The van der Waals surface area contributed by atoms with Crippen molar-refractivity contribution in [3.8, 4) is 17.6 Å². The molecule has 0 fully saturated rings. The van der Waals surface area contributed by atoms with Crippen LogP contribution in [0, 0.1) is 11.8 Å². The molecule has 96 valence electrons. The largest absolute Gasteiger partial charge is 0.496 e. The number of carbonyl (C=O) groups excluding carboxylic acids is 1. The highest BCUT2D eigenvalue weighted by atomic mass is 32.2. The van der Waals surface area contributed by atoms with Gasteiger partial charge < -0.3 is 9.84 Å². The molecule has 0 saturated carbocycles. The van der Waals surface area contributed by atoms with Crippen molar-refractivity contribution in [2.45, 2.75) is 20.0 Å². The third-order valence-electron chi connectivity index (χ3n) is 2.22. The molecule has 0 aliphatic heterocycles. The highest BCUT2D eigenvalue weighted by Gasteiger charge is 2.01. The Morgan fingerprint density at radius 1 is 1.50 bits per heavy atom. The van der Waals surface area contributed by atoms with Crippen molar-refractivity contribution < 1.29 is 14.6 Å². The molecule has 1 N–H and O–H groups in total. The van der Waals surface area contributed by atoms with Crippen molar-refractivity contribution in [2.75, 3.05) is 12.9 Å². The van der Waals surface area contributed by atoms with Crippen LogP contribution in [-0.4, -0.2) is 23.1 Å². The molecule has 0 bridgehead atoms. The third kappa shape index (κ3) is 4.82. The molecule has 0 aliphatic rings. The average Bonchev–Trinajstić information content (AvgIpc) is 2.37. The van der Waals surface area contributed by atoms with Gasteiger partial charge in [0.1, 0.15) is 5.75 Å². The highest BCUT2D eigenvalue weighted by Crippen LogP contribution is 2.19. The molecule has 0 unspecified atom stereocenters. The number of hydrogen-bond donors (Lipinski definition) is 1. The van der Waals surface area contributed by atoms with Crippen LogP contribution in [-0.2, 0) is 11.4 Å². The van der Waals surface area contributed by atoms with Crippen LogP contribution >= 0.6 is 11.8 Å². The summed E-state index contributed by atoms with van der Waals surface area (Å²) in [4.78, 5) is 10.7. The van der Waals surface area contributed by atoms with Gasteiger partial charge in [-0.25, -0.2) is 0 Å². The van der Waals surface area contributed by atoms with Crippen molar-refractivity contribution in [3.63, 3.8) is 0 Å². The Labute approximate surface area is 112 Å². The number of methoxy groups -OCH3 is 1. The average molecular weight is 264 g/mol. The Balaban J connectivity index is 2.62. The summed E-state index contributed by atoms with van der Waals surface area (Å²) < 4.78 is 5.16. The Hall–Kier alpha value is -1.44. The van der Waals surface area contributed by atoms with Gasteiger partial charge in [0.25, 0.3) is 0 Å². The van der Waals surface area contributed by atoms with E-state index in [1.54, 1.807) is 26.2 Å². The van der Waals surface area contributed by atoms with Crippen molar-refractivity contribution in [1.29, 1.82) is 0 Å². The topological polar surface area (TPSA) is 46.5 Å². The number of aliphatic hydroxyl groups excluding tert-OH is 1. The standard InChI is InChI=1S/C14H16O3S/c1-11(16)18-8-4-3-5-12-6-7-13(10-15)14(9-12)17-2/h6-7,9,15H,4,8,10H2,1-2H3. The van der Waals surface area contributed by atoms with Gasteiger partial charge in [-0.05, 0) is 12.1 Å². The molecular weight excluding hydrogens is 248 g/mol. The van der Waals surface area contributed by atoms with Crippen LogP contribution in [0.3, 0.4) is 0 Å². The Kier molecular flexibility index (Phi) is 6.34. The van der Waals surface area contributed by atoms with Crippen LogP contribution in [0.2, 0.25) is 0 Å². The first-order valence-corrected chi connectivity index (χ1v) is 6.56. The highest BCUT2D eigenvalue weighted by molar-refractivity contribution is 8.13. The van der Waals surface area contributed by atoms with Crippen molar-refractivity contribution in [2.24, 2.45) is 0 Å². The molecule has 0 aromatic heterocycles. The second-order valence-electron chi connectivity index (χ2n) is 3.58. The summed E-state index contributed by atoms with van der Waals surface area (Å²) in [6.07, 6.45) is 0.675. The first-order chi connectivity index (χ1) is 8.67. The molecule has 4 heteroatoms. The normalized spacial score (nSPS) is 9.50. The molecule has 1 rings (SSSR count). The lowest BCUT2D eigenvalue weighted by Gasteiger charge is -2.05. The predicted molar refractivity (Wildman–Crippen MR) is 73.6 cm³/mol. The number of ether oxygens (including phenoxy) is 1. The second-order valence-corrected chi connectivity index (χ2v) is 4.85. The molecule has 0 saturated heterocycles. The van der Waals surface area contributed by atoms with E-state index in [0.717, 1.165) is 11.1 Å². The van der Waals surface area contributed by atoms with E-state index in [2.05, 4.69) is 11.8 Å². The van der Waals surface area contributed by atoms with E-state index >= 15 is 0 Å². The molecule has 0 amide bonds. The van der Waals surface area contributed by atoms with Crippen molar-refractivity contribution >= 4 is 16.9 Å². The fourth-order valence-corrected chi connectivity index (χ4v) is 1.85. The Morgan fingerprint density at radius 2 is 2.28 bits per heavy atom. The van der Waals surface area contributed by atoms with Gasteiger partial charge in [0.15, 0.2) is 5.12 Å². The number of carbonyl (C=O) groups is 1. The second kappa shape index (κ2) is 7.80. The number of aliphatic hydroxyl groups is 1. The van der Waals surface area contributed by atoms with Gasteiger partial charge in [0.2, 0.25) is 0 Å². The van der Waals surface area contributed by atoms with Gasteiger partial charge in [-0.2, -0.15) is 0 Å². The van der Waals surface area contributed by atoms with E-state index in [0.29, 0.717) is 17.9 Å². The van der Waals surface area contributed by atoms with Crippen LogP contribution in [0.5, 0.6) is 5.75 Å². The van der Waals surface area contributed by atoms with Gasteiger partial charge in [0.05, 0.1) is 13.7 Å². The Bertz CT molecular complexity index is 472. The zero-order valence-electron chi connectivity index (χ0n) is 10.5. The Morgan fingerprint density at radius 3 is 2.89 bits per heavy atom. The maximum Gasteiger partial charge on any atom is 0.185 e. The van der Waals surface area contributed by atoms with E-state index in [1.165, 1.54) is 11.8 Å². The quantitative estimate of drug-likeness (QED) is 0.669. The lowest BCUT2D eigenvalue weighted by atomic mass is 10.1. The van der Waals surface area contributed by atoms with E-state index in [4.69, 9.17) is 9.84 Å². The molecule has 0 heterocycles. The smallest absolute Gasteiger partial charge is 0.185 e. The van der Waals surface area contributed by atoms with Crippen molar-refractivity contribution in [1.82, 2.24) is 0 Å². The molecule has 1 aromatic carbocycles. The minimum atomic E-state index is -0.0495. The molecule has 0 spiro atoms. The molecule has 18 heavy (non-hydrogen) atoms. The number of benzene rings is 1. The van der Waals surface area contributed by atoms with E-state index in [-0.39, 0.29) is 11.7 Å². The van der Waals surface area contributed by atoms with Gasteiger partial charge >= 0.3 is 0 Å². The number of rotatable bonds is 4. The first-order valence-electron chi connectivity index (χ1n) is 5.57. The van der Waals surface area contributed by atoms with Crippen LogP contribution < -0.4 is 4.74 Å². The fraction of sp³-hybridized carbons (Fsp3) is 0.357. The molecule has 3 nitrogen and oxygen atoms in total. The SMILES string of the molecule is COc1cc(C#CCCSC(C)=O)ccc1CO. The molecule has 0 atom stereocenters. The molecule has 0 aliphatic carbocycles. The maximum absolute atomic E-state index is 10.7. The van der Waals surface area contributed by atoms with Crippen LogP contribution in [0.4, 0.5) is 0 Å². The summed E-state index contributed by atoms with van der Waals surface area (Å²) in [5, 5.41) is 9.20. The van der Waals surface area contributed by atoms with Gasteiger partial charge in [-0.3, -0.25) is 4.79 Å². The molecule has 0 radical (unpaired) electrons. The minimum absolute atomic E-state index is 0.0495. The maximum atomic E-state index is 10.7. The van der Waals surface area contributed by atoms with E-state index in [9.17, 15) is 4.79 Å². The van der Waals surface area contributed by atoms with Gasteiger partial charge in [-0.1, -0.05) is 29.7 Å². The zero-order valence-corrected chi connectivity index (χ0v) is 11.3. The van der Waals surface area contributed by atoms with E-state index in [1.807, 2.05) is 6.07 Å². The minimum Gasteiger partial charge on any atom is -0.496 e. The van der Waals surface area contributed by atoms with Crippen LogP contribution in [0.15, 0.2) is 18.2 Å². The number of hydrogen-bond acceptors (Lipinski definition) is 4. The van der Waals surface area contributed by atoms with Gasteiger partial charge in [0, 0.05) is 30.2 Å². The zero-order chi connectivity index (χ0) is 13.4. The number of thioether (sulfide) groups is 1. The summed E-state index contributed by atoms with van der Waals surface area (Å²) in [6, 6.07) is 5.45. The monoisotopic (exact) mass is 264 g/mol. The van der Waals surface area contributed by atoms with Crippen LogP contribution in [0.25, 0.3) is 0 Å². The molecule has 1 aromatic rings. The summed E-state index contributed by atoms with van der Waals surface area (Å²) in [5.41, 5.74) is 1.59. The van der Waals surface area contributed by atoms with Gasteiger partial charge in [-0.15, -0.1) is 0 Å². The lowest BCUT2D eigenvalue weighted by molar-refractivity contribution is -0.109.